The summed E-state index contributed by atoms with van der Waals surface area (Å²) in [5.74, 6) is 1.74. The second-order valence-electron chi connectivity index (χ2n) is 10.2. The van der Waals surface area contributed by atoms with Gasteiger partial charge in [-0.15, -0.1) is 10.2 Å². The number of aromatic nitrogens is 4. The first-order chi connectivity index (χ1) is 18.1. The first-order valence-corrected chi connectivity index (χ1v) is 13.3. The number of hydrogen-bond acceptors (Lipinski definition) is 10. The molecule has 12 heteroatoms. The zero-order valence-corrected chi connectivity index (χ0v) is 24.5. The molecule has 0 saturated carbocycles. The van der Waals surface area contributed by atoms with E-state index in [9.17, 15) is 9.59 Å². The van der Waals surface area contributed by atoms with Gasteiger partial charge in [-0.25, -0.2) is 9.36 Å². The summed E-state index contributed by atoms with van der Waals surface area (Å²) in [4.78, 5) is 28.6. The minimum absolute atomic E-state index is 0.0567. The summed E-state index contributed by atoms with van der Waals surface area (Å²) in [5, 5.41) is 17.8. The molecule has 0 aliphatic rings. The SMILES string of the molecule is CNc1c(NCCCC(C)C)c(=O)n(CN(C)c2c(OC)nnc(OC)c2NCCCC(C)C)n(C)c1=O. The lowest BCUT2D eigenvalue weighted by Gasteiger charge is -2.27. The molecule has 0 aliphatic heterocycles. The summed E-state index contributed by atoms with van der Waals surface area (Å²) in [6.07, 6.45) is 3.94. The maximum absolute atomic E-state index is 13.6. The lowest BCUT2D eigenvalue weighted by atomic mass is 10.1. The molecule has 3 N–H and O–H groups in total. The molecule has 12 nitrogen and oxygen atoms in total. The Hall–Kier alpha value is -3.44. The smallest absolute Gasteiger partial charge is 0.292 e. The van der Waals surface area contributed by atoms with Crippen LogP contribution in [-0.2, 0) is 13.7 Å². The van der Waals surface area contributed by atoms with Crippen molar-refractivity contribution in [2.45, 2.75) is 60.0 Å². The van der Waals surface area contributed by atoms with Gasteiger partial charge in [-0.05, 0) is 37.5 Å². The van der Waals surface area contributed by atoms with Gasteiger partial charge in [0.25, 0.3) is 22.9 Å². The molecule has 0 amide bonds. The first-order valence-electron chi connectivity index (χ1n) is 13.3. The average molecular weight is 535 g/mol. The van der Waals surface area contributed by atoms with Crippen molar-refractivity contribution in [1.82, 2.24) is 19.6 Å². The molecule has 0 fully saturated rings. The fraction of sp³-hybridized carbons (Fsp3) is 0.692. The molecule has 0 aromatic carbocycles. The van der Waals surface area contributed by atoms with E-state index in [0.717, 1.165) is 25.7 Å². The van der Waals surface area contributed by atoms with E-state index in [0.29, 0.717) is 42.2 Å². The normalized spacial score (nSPS) is 11.1. The third kappa shape index (κ3) is 7.55. The van der Waals surface area contributed by atoms with Crippen molar-refractivity contribution >= 4 is 22.7 Å². The number of nitrogens with one attached hydrogen (secondary N) is 3. The van der Waals surface area contributed by atoms with Crippen LogP contribution in [0.15, 0.2) is 9.59 Å². The Labute approximate surface area is 225 Å². The van der Waals surface area contributed by atoms with Gasteiger partial charge in [-0.1, -0.05) is 27.7 Å². The Morgan fingerprint density at radius 2 is 1.37 bits per heavy atom. The van der Waals surface area contributed by atoms with Crippen LogP contribution in [0.4, 0.5) is 22.7 Å². The highest BCUT2D eigenvalue weighted by Crippen LogP contribution is 2.39. The summed E-state index contributed by atoms with van der Waals surface area (Å²) in [5.41, 5.74) is 1.08. The highest BCUT2D eigenvalue weighted by molar-refractivity contribution is 5.78. The Balaban J connectivity index is 2.48. The van der Waals surface area contributed by atoms with Crippen molar-refractivity contribution in [3.8, 4) is 11.8 Å². The maximum Gasteiger partial charge on any atom is 0.292 e. The minimum Gasteiger partial charge on any atom is -0.478 e. The predicted molar refractivity (Wildman–Crippen MR) is 154 cm³/mol. The summed E-state index contributed by atoms with van der Waals surface area (Å²) in [6.45, 7) is 10.0. The number of rotatable bonds is 16. The fourth-order valence-electron chi connectivity index (χ4n) is 4.21. The van der Waals surface area contributed by atoms with Crippen LogP contribution < -0.4 is 41.4 Å². The van der Waals surface area contributed by atoms with Gasteiger partial charge in [0.15, 0.2) is 0 Å². The number of hydrogen-bond donors (Lipinski definition) is 3. The van der Waals surface area contributed by atoms with Crippen LogP contribution in [0.3, 0.4) is 0 Å². The highest BCUT2D eigenvalue weighted by atomic mass is 16.5. The molecule has 0 unspecified atom stereocenters. The molecule has 0 atom stereocenters. The zero-order valence-electron chi connectivity index (χ0n) is 24.5. The first kappa shape index (κ1) is 30.8. The van der Waals surface area contributed by atoms with Crippen LogP contribution in [0.2, 0.25) is 0 Å². The van der Waals surface area contributed by atoms with Crippen LogP contribution in [0.5, 0.6) is 11.8 Å². The van der Waals surface area contributed by atoms with Crippen LogP contribution in [0, 0.1) is 11.8 Å². The van der Waals surface area contributed by atoms with Crippen LogP contribution >= 0.6 is 0 Å². The molecule has 0 aliphatic carbocycles. The Bertz CT molecular complexity index is 1160. The van der Waals surface area contributed by atoms with E-state index in [4.69, 9.17) is 9.47 Å². The van der Waals surface area contributed by atoms with Crippen molar-refractivity contribution in [1.29, 1.82) is 0 Å². The topological polar surface area (TPSA) is 128 Å². The van der Waals surface area contributed by atoms with Crippen molar-refractivity contribution < 1.29 is 9.47 Å². The second kappa shape index (κ2) is 14.5. The van der Waals surface area contributed by atoms with Gasteiger partial charge in [-0.3, -0.25) is 9.59 Å². The lowest BCUT2D eigenvalue weighted by Crippen LogP contribution is -2.43. The molecule has 0 bridgehead atoms. The van der Waals surface area contributed by atoms with Gasteiger partial charge in [0.05, 0.1) is 14.2 Å². The standard InChI is InChI=1S/C26H46N8O4/c1-17(2)12-10-14-28-20-19(27-5)25(35)33(7)34(26(20)36)16-32(6)22-21(29-15-11-13-18(3)4)23(37-8)30-31-24(22)38-9/h17-18,27-28H,10-16H2,1-9H3,(H,29,31). The number of ether oxygens (including phenoxy) is 2. The Morgan fingerprint density at radius 1 is 0.842 bits per heavy atom. The zero-order chi connectivity index (χ0) is 28.4. The monoisotopic (exact) mass is 534 g/mol. The molecule has 38 heavy (non-hydrogen) atoms. The van der Waals surface area contributed by atoms with Crippen LogP contribution in [0.1, 0.15) is 53.4 Å². The molecule has 2 heterocycles. The summed E-state index contributed by atoms with van der Waals surface area (Å²) >= 11 is 0. The van der Waals surface area contributed by atoms with E-state index in [1.54, 1.807) is 26.0 Å². The predicted octanol–water partition coefficient (Wildman–Crippen LogP) is 3.19. The molecule has 0 radical (unpaired) electrons. The highest BCUT2D eigenvalue weighted by Gasteiger charge is 2.24. The van der Waals surface area contributed by atoms with E-state index in [1.165, 1.54) is 23.6 Å². The van der Waals surface area contributed by atoms with Gasteiger partial charge in [0.2, 0.25) is 0 Å². The van der Waals surface area contributed by atoms with Crippen molar-refractivity contribution in [3.63, 3.8) is 0 Å². The molecule has 214 valence electrons. The quantitative estimate of drug-likeness (QED) is 0.276. The molecule has 2 aromatic heterocycles. The average Bonchev–Trinajstić information content (AvgIpc) is 2.88. The second-order valence-corrected chi connectivity index (χ2v) is 10.2. The third-order valence-corrected chi connectivity index (χ3v) is 6.34. The maximum atomic E-state index is 13.6. The van der Waals surface area contributed by atoms with Gasteiger partial charge in [0.1, 0.15) is 29.4 Å². The van der Waals surface area contributed by atoms with Crippen molar-refractivity contribution in [3.05, 3.63) is 20.7 Å². The van der Waals surface area contributed by atoms with Gasteiger partial charge >= 0.3 is 0 Å². The molecule has 2 aromatic rings. The largest absolute Gasteiger partial charge is 0.478 e. The van der Waals surface area contributed by atoms with E-state index in [1.807, 2.05) is 0 Å². The number of nitrogens with zero attached hydrogens (tertiary/aromatic N) is 5. The van der Waals surface area contributed by atoms with Crippen LogP contribution in [0.25, 0.3) is 0 Å². The van der Waals surface area contributed by atoms with E-state index in [2.05, 4.69) is 53.8 Å². The van der Waals surface area contributed by atoms with Crippen LogP contribution in [-0.4, -0.2) is 61.0 Å². The van der Waals surface area contributed by atoms with E-state index in [-0.39, 0.29) is 35.0 Å². The molecular weight excluding hydrogens is 488 g/mol. The van der Waals surface area contributed by atoms with E-state index < -0.39 is 0 Å². The number of methoxy groups -OCH3 is 2. The molecule has 0 saturated heterocycles. The number of anilines is 4. The van der Waals surface area contributed by atoms with Crippen molar-refractivity contribution in [2.75, 3.05) is 62.3 Å². The summed E-state index contributed by atoms with van der Waals surface area (Å²) in [7, 11) is 8.06. The Morgan fingerprint density at radius 3 is 1.87 bits per heavy atom. The Kier molecular flexibility index (Phi) is 11.7. The third-order valence-electron chi connectivity index (χ3n) is 6.34. The molecule has 2 rings (SSSR count). The minimum atomic E-state index is -0.313. The van der Waals surface area contributed by atoms with Gasteiger partial charge in [-0.2, -0.15) is 0 Å². The van der Waals surface area contributed by atoms with Crippen molar-refractivity contribution in [2.24, 2.45) is 18.9 Å². The summed E-state index contributed by atoms with van der Waals surface area (Å²) in [6, 6.07) is 0. The molecular formula is C26H46N8O4. The van der Waals surface area contributed by atoms with E-state index >= 15 is 0 Å². The summed E-state index contributed by atoms with van der Waals surface area (Å²) < 4.78 is 13.7. The fourth-order valence-corrected chi connectivity index (χ4v) is 4.21. The molecule has 0 spiro atoms. The van der Waals surface area contributed by atoms with Gasteiger partial charge in [0, 0.05) is 34.2 Å². The van der Waals surface area contributed by atoms with Gasteiger partial charge < -0.3 is 30.3 Å². The lowest BCUT2D eigenvalue weighted by molar-refractivity contribution is 0.367.